The summed E-state index contributed by atoms with van der Waals surface area (Å²) >= 11 is 0. The summed E-state index contributed by atoms with van der Waals surface area (Å²) in [5.41, 5.74) is 0. The van der Waals surface area contributed by atoms with E-state index >= 15 is 0 Å². The van der Waals surface area contributed by atoms with Crippen LogP contribution in [0.2, 0.25) is 0 Å². The lowest BCUT2D eigenvalue weighted by Crippen LogP contribution is -2.60. The second-order valence-electron chi connectivity index (χ2n) is 25.0. The van der Waals surface area contributed by atoms with Crippen LogP contribution in [0.15, 0.2) is 146 Å². The molecule has 90 heavy (non-hydrogen) atoms. The van der Waals surface area contributed by atoms with Gasteiger partial charge in [-0.05, 0) is 116 Å². The first kappa shape index (κ1) is 84.1. The van der Waals surface area contributed by atoms with Crippen molar-refractivity contribution in [2.75, 3.05) is 13.2 Å². The second-order valence-corrected chi connectivity index (χ2v) is 25.0. The highest BCUT2D eigenvalue weighted by Gasteiger charge is 2.44. The van der Waals surface area contributed by atoms with E-state index in [1.54, 1.807) is 6.08 Å². The highest BCUT2D eigenvalue weighted by atomic mass is 16.7. The number of nitrogens with one attached hydrogen (secondary N) is 1. The number of ether oxygens (including phenoxy) is 2. The van der Waals surface area contributed by atoms with E-state index in [1.807, 2.05) is 6.08 Å². The van der Waals surface area contributed by atoms with Crippen molar-refractivity contribution in [1.29, 1.82) is 0 Å². The fourth-order valence-electron chi connectivity index (χ4n) is 10.9. The van der Waals surface area contributed by atoms with E-state index in [0.29, 0.717) is 6.42 Å². The zero-order valence-corrected chi connectivity index (χ0v) is 57.6. The molecule has 0 aromatic rings. The second kappa shape index (κ2) is 67.9. The zero-order valence-electron chi connectivity index (χ0n) is 57.6. The summed E-state index contributed by atoms with van der Waals surface area (Å²) in [6.45, 7) is 3.66. The number of unbranched alkanes of at least 4 members (excludes halogenated alkanes) is 31. The third-order valence-corrected chi connectivity index (χ3v) is 16.6. The number of hydrogen-bond donors (Lipinski definition) is 6. The quantitative estimate of drug-likeness (QED) is 0.0261. The van der Waals surface area contributed by atoms with Gasteiger partial charge in [0.25, 0.3) is 0 Å². The predicted molar refractivity (Wildman–Crippen MR) is 386 cm³/mol. The van der Waals surface area contributed by atoms with E-state index in [0.717, 1.165) is 116 Å². The van der Waals surface area contributed by atoms with Gasteiger partial charge >= 0.3 is 0 Å². The Hall–Kier alpha value is -3.93. The van der Waals surface area contributed by atoms with Crippen LogP contribution in [-0.4, -0.2) is 87.5 Å². The fourth-order valence-corrected chi connectivity index (χ4v) is 10.9. The van der Waals surface area contributed by atoms with Gasteiger partial charge in [-0.1, -0.05) is 327 Å². The fraction of sp³-hybridized carbons (Fsp3) is 0.691. The minimum absolute atomic E-state index is 0.197. The lowest BCUT2D eigenvalue weighted by molar-refractivity contribution is -0.302. The first-order valence-electron chi connectivity index (χ1n) is 37.1. The van der Waals surface area contributed by atoms with Gasteiger partial charge in [0.15, 0.2) is 6.29 Å². The van der Waals surface area contributed by atoms with E-state index in [4.69, 9.17) is 9.47 Å². The Morgan fingerprint density at radius 2 is 0.700 bits per heavy atom. The van der Waals surface area contributed by atoms with E-state index in [-0.39, 0.29) is 12.5 Å². The molecule has 7 unspecified atom stereocenters. The zero-order chi connectivity index (χ0) is 64.9. The number of carbonyl (C=O) groups is 1. The number of hydrogen-bond acceptors (Lipinski definition) is 8. The minimum atomic E-state index is -1.58. The topological polar surface area (TPSA) is 149 Å². The average Bonchev–Trinajstić information content (AvgIpc) is 2.75. The molecule has 9 nitrogen and oxygen atoms in total. The van der Waals surface area contributed by atoms with Gasteiger partial charge in [-0.25, -0.2) is 0 Å². The largest absolute Gasteiger partial charge is 0.394 e. The number of aliphatic hydroxyl groups is 5. The first-order valence-corrected chi connectivity index (χ1v) is 37.1. The molecule has 0 saturated carbocycles. The molecule has 1 heterocycles. The maximum absolute atomic E-state index is 13.1. The highest BCUT2D eigenvalue weighted by molar-refractivity contribution is 5.76. The molecule has 0 spiro atoms. The Balaban J connectivity index is 2.17. The van der Waals surface area contributed by atoms with E-state index in [1.165, 1.54) is 167 Å². The van der Waals surface area contributed by atoms with Gasteiger partial charge in [0.1, 0.15) is 24.4 Å². The first-order chi connectivity index (χ1) is 44.3. The Labute approximate surface area is 553 Å². The monoisotopic (exact) mass is 1250 g/mol. The highest BCUT2D eigenvalue weighted by Crippen LogP contribution is 2.23. The van der Waals surface area contributed by atoms with Gasteiger partial charge in [-0.2, -0.15) is 0 Å². The molecule has 6 N–H and O–H groups in total. The maximum atomic E-state index is 13.1. The molecule has 0 aromatic carbocycles. The van der Waals surface area contributed by atoms with Crippen molar-refractivity contribution in [3.05, 3.63) is 146 Å². The molecular formula is C81H137NO8. The van der Waals surface area contributed by atoms with Crippen LogP contribution >= 0.6 is 0 Å². The minimum Gasteiger partial charge on any atom is -0.394 e. The number of amides is 1. The molecule has 1 aliphatic heterocycles. The average molecular weight is 1250 g/mol. The van der Waals surface area contributed by atoms with Crippen LogP contribution in [0.4, 0.5) is 0 Å². The number of rotatable bonds is 63. The summed E-state index contributed by atoms with van der Waals surface area (Å²) < 4.78 is 11.3. The molecule has 7 atom stereocenters. The van der Waals surface area contributed by atoms with Crippen LogP contribution in [0.3, 0.4) is 0 Å². The number of carbonyl (C=O) groups excluding carboxylic acids is 1. The molecule has 1 rings (SSSR count). The third-order valence-electron chi connectivity index (χ3n) is 16.6. The summed E-state index contributed by atoms with van der Waals surface area (Å²) in [7, 11) is 0. The van der Waals surface area contributed by atoms with Crippen LogP contribution in [0.25, 0.3) is 0 Å². The molecule has 0 aromatic heterocycles. The normalized spacial score (nSPS) is 18.7. The van der Waals surface area contributed by atoms with Crippen LogP contribution in [0, 0.1) is 0 Å². The van der Waals surface area contributed by atoms with Crippen LogP contribution in [0.1, 0.15) is 303 Å². The Morgan fingerprint density at radius 1 is 0.389 bits per heavy atom. The summed E-state index contributed by atoms with van der Waals surface area (Å²) in [5, 5.41) is 54.8. The van der Waals surface area contributed by atoms with Gasteiger partial charge in [0.05, 0.1) is 25.4 Å². The standard InChI is InChI=1S/C81H137NO8/c1-3-5-7-9-11-13-15-17-19-21-23-25-27-29-31-33-34-35-36-37-38-39-40-41-42-43-45-47-49-51-53-55-57-59-61-63-65-67-69-71-77(85)82-74(73-89-81-80(88)79(87)78(86)76(72-83)90-81)75(84)70-68-66-64-62-60-58-56-54-52-50-48-46-44-32-30-28-26-24-22-20-18-16-14-12-10-8-6-4-2/h5,7,11,13,17,19,23,25,29,31,34-35,37-38,40-41,43,45,52,54,60,62,68,70,74-76,78-81,83-84,86-88H,3-4,6,8-10,12,14-16,18,20-22,24,26-28,30,32-33,36,39,42,44,46-51,53,55-59,61,63-67,69,71-73H2,1-2H3,(H,82,85)/b7-5-,13-11-,19-17-,25-23-,31-29-,35-34-,38-37-,41-40-,45-43-,54-52+,62-60+,70-68+. The summed E-state index contributed by atoms with van der Waals surface area (Å²) in [5.74, 6) is -0.197. The summed E-state index contributed by atoms with van der Waals surface area (Å²) in [6.07, 6.45) is 98.1. The van der Waals surface area contributed by atoms with E-state index < -0.39 is 49.5 Å². The van der Waals surface area contributed by atoms with Crippen LogP contribution in [0.5, 0.6) is 0 Å². The van der Waals surface area contributed by atoms with Gasteiger partial charge < -0.3 is 40.3 Å². The van der Waals surface area contributed by atoms with Crippen molar-refractivity contribution >= 4 is 5.91 Å². The molecule has 1 fully saturated rings. The molecule has 0 bridgehead atoms. The van der Waals surface area contributed by atoms with E-state index in [9.17, 15) is 30.3 Å². The van der Waals surface area contributed by atoms with Gasteiger partial charge in [-0.3, -0.25) is 4.79 Å². The van der Waals surface area contributed by atoms with Gasteiger partial charge in [-0.15, -0.1) is 0 Å². The number of allylic oxidation sites excluding steroid dienone is 23. The molecular weight excluding hydrogens is 1110 g/mol. The lowest BCUT2D eigenvalue weighted by atomic mass is 9.99. The van der Waals surface area contributed by atoms with Crippen molar-refractivity contribution in [3.8, 4) is 0 Å². The van der Waals surface area contributed by atoms with Crippen LogP contribution in [-0.2, 0) is 14.3 Å². The van der Waals surface area contributed by atoms with Crippen molar-refractivity contribution in [2.24, 2.45) is 0 Å². The smallest absolute Gasteiger partial charge is 0.220 e. The molecule has 1 saturated heterocycles. The third kappa shape index (κ3) is 55.7. The van der Waals surface area contributed by atoms with Crippen molar-refractivity contribution in [2.45, 2.75) is 346 Å². The van der Waals surface area contributed by atoms with Crippen molar-refractivity contribution in [3.63, 3.8) is 0 Å². The Kier molecular flexibility index (Phi) is 63.5. The summed E-state index contributed by atoms with van der Waals surface area (Å²) in [6, 6.07) is -0.842. The molecule has 514 valence electrons. The van der Waals surface area contributed by atoms with Gasteiger partial charge in [0.2, 0.25) is 5.91 Å². The van der Waals surface area contributed by atoms with Crippen molar-refractivity contribution < 1.29 is 39.8 Å². The van der Waals surface area contributed by atoms with E-state index in [2.05, 4.69) is 153 Å². The Morgan fingerprint density at radius 3 is 1.07 bits per heavy atom. The predicted octanol–water partition coefficient (Wildman–Crippen LogP) is 20.9. The Bertz CT molecular complexity index is 1940. The van der Waals surface area contributed by atoms with Crippen molar-refractivity contribution in [1.82, 2.24) is 5.32 Å². The molecule has 1 aliphatic rings. The maximum Gasteiger partial charge on any atom is 0.220 e. The van der Waals surface area contributed by atoms with Crippen LogP contribution < -0.4 is 5.32 Å². The SMILES string of the molecule is CC/C=C\C/C=C\C/C=C\C/C=C\C/C=C\C/C=C\C/C=C\C/C=C\C/C=C\CCCCCCCCCCCCCC(=O)NC(COC1OC(CO)C(O)C(O)C1O)C(O)/C=C/CC/C=C/CC/C=C/CCCCCCCCCCCCCCCCCCCC. The summed E-state index contributed by atoms with van der Waals surface area (Å²) in [4.78, 5) is 13.1. The molecule has 1 amide bonds. The number of aliphatic hydroxyl groups excluding tert-OH is 5. The molecule has 0 radical (unpaired) electrons. The van der Waals surface area contributed by atoms with Gasteiger partial charge in [0, 0.05) is 6.42 Å². The molecule has 9 heteroatoms. The lowest BCUT2D eigenvalue weighted by Gasteiger charge is -2.40. The molecule has 0 aliphatic carbocycles.